The fraction of sp³-hybridized carbons (Fsp3) is 0.542. The van der Waals surface area contributed by atoms with Gasteiger partial charge in [0.25, 0.3) is 0 Å². The van der Waals surface area contributed by atoms with Crippen LogP contribution in [-0.2, 0) is 22.9 Å². The van der Waals surface area contributed by atoms with Crippen molar-refractivity contribution >= 4 is 10.0 Å². The maximum atomic E-state index is 13.3. The Hall–Kier alpha value is -2.12. The molecule has 2 unspecified atom stereocenters. The van der Waals surface area contributed by atoms with Gasteiger partial charge in [-0.15, -0.1) is 0 Å². The van der Waals surface area contributed by atoms with Crippen LogP contribution in [-0.4, -0.2) is 13.5 Å². The molecule has 0 saturated heterocycles. The van der Waals surface area contributed by atoms with E-state index in [1.54, 1.807) is 12.1 Å². The molecule has 2 aromatic rings. The lowest BCUT2D eigenvalue weighted by atomic mass is 9.94. The maximum Gasteiger partial charge on any atom is 0.344 e. The minimum atomic E-state index is -3.80. The molecule has 6 nitrogen and oxygen atoms in total. The highest BCUT2D eigenvalue weighted by molar-refractivity contribution is 7.89. The number of aryl methyl sites for hydroxylation is 1. The van der Waals surface area contributed by atoms with Crippen LogP contribution in [0.2, 0.25) is 0 Å². The Morgan fingerprint density at radius 3 is 2.39 bits per heavy atom. The smallest absolute Gasteiger partial charge is 0.344 e. The molecule has 2 atom stereocenters. The Labute approximate surface area is 184 Å². The molecule has 0 aliphatic heterocycles. The normalized spacial score (nSPS) is 16.7. The Bertz CT molecular complexity index is 1030. The van der Waals surface area contributed by atoms with Gasteiger partial charge in [0.1, 0.15) is 16.8 Å². The molecule has 2 N–H and O–H groups in total. The highest BCUT2D eigenvalue weighted by atomic mass is 32.2. The zero-order valence-corrected chi connectivity index (χ0v) is 19.2. The van der Waals surface area contributed by atoms with E-state index in [0.717, 1.165) is 25.7 Å². The van der Waals surface area contributed by atoms with Gasteiger partial charge in [0.05, 0.1) is 11.6 Å². The summed E-state index contributed by atoms with van der Waals surface area (Å²) in [4.78, 5) is 12.9. The van der Waals surface area contributed by atoms with E-state index in [2.05, 4.69) is 4.72 Å². The molecule has 0 bridgehead atoms. The fourth-order valence-electron chi connectivity index (χ4n) is 4.46. The van der Waals surface area contributed by atoms with Crippen molar-refractivity contribution in [1.29, 1.82) is 0 Å². The molecular formula is C24H33NO5S. The molecule has 1 aromatic heterocycles. The predicted octanol–water partition coefficient (Wildman–Crippen LogP) is 4.92. The highest BCUT2D eigenvalue weighted by Gasteiger charge is 2.32. The van der Waals surface area contributed by atoms with Crippen LogP contribution in [0.5, 0.6) is 5.75 Å². The summed E-state index contributed by atoms with van der Waals surface area (Å²) in [7, 11) is -3.80. The zero-order valence-electron chi connectivity index (χ0n) is 18.4. The van der Waals surface area contributed by atoms with Crippen LogP contribution in [0.1, 0.15) is 92.5 Å². The first kappa shape index (κ1) is 23.5. The molecule has 1 aliphatic carbocycles. The second-order valence-corrected chi connectivity index (χ2v) is 10.2. The van der Waals surface area contributed by atoms with Crippen molar-refractivity contribution in [3.8, 4) is 5.75 Å². The minimum Gasteiger partial charge on any atom is -0.507 e. The minimum absolute atomic E-state index is 0.0349. The van der Waals surface area contributed by atoms with Crippen LogP contribution in [0.3, 0.4) is 0 Å². The van der Waals surface area contributed by atoms with Gasteiger partial charge >= 0.3 is 5.63 Å². The molecule has 170 valence electrons. The molecule has 0 spiro atoms. The molecule has 3 rings (SSSR count). The zero-order chi connectivity index (χ0) is 22.4. The maximum absolute atomic E-state index is 13.3. The Balaban J connectivity index is 2.00. The van der Waals surface area contributed by atoms with E-state index in [1.807, 2.05) is 32.0 Å². The second kappa shape index (κ2) is 10.5. The predicted molar refractivity (Wildman–Crippen MR) is 122 cm³/mol. The van der Waals surface area contributed by atoms with E-state index < -0.39 is 26.9 Å². The number of hydrogen-bond acceptors (Lipinski definition) is 5. The van der Waals surface area contributed by atoms with Gasteiger partial charge in [-0.1, -0.05) is 63.4 Å². The molecule has 0 amide bonds. The van der Waals surface area contributed by atoms with Gasteiger partial charge in [-0.2, -0.15) is 0 Å². The van der Waals surface area contributed by atoms with Crippen LogP contribution in [0.15, 0.2) is 39.5 Å². The van der Waals surface area contributed by atoms with Gasteiger partial charge in [0.15, 0.2) is 0 Å². The highest BCUT2D eigenvalue weighted by Crippen LogP contribution is 2.35. The Morgan fingerprint density at radius 2 is 1.74 bits per heavy atom. The summed E-state index contributed by atoms with van der Waals surface area (Å²) >= 11 is 0. The molecule has 1 aliphatic rings. The number of hydrogen-bond donors (Lipinski definition) is 2. The summed E-state index contributed by atoms with van der Waals surface area (Å²) in [5.74, 6) is 0.446. The topological polar surface area (TPSA) is 96.6 Å². The molecule has 1 heterocycles. The van der Waals surface area contributed by atoms with E-state index in [9.17, 15) is 18.3 Å². The largest absolute Gasteiger partial charge is 0.507 e. The lowest BCUT2D eigenvalue weighted by Gasteiger charge is -2.24. The van der Waals surface area contributed by atoms with Crippen LogP contribution < -0.4 is 10.3 Å². The first-order valence-electron chi connectivity index (χ1n) is 11.3. The van der Waals surface area contributed by atoms with E-state index >= 15 is 0 Å². The van der Waals surface area contributed by atoms with Crippen molar-refractivity contribution < 1.29 is 17.9 Å². The third-order valence-corrected chi connectivity index (χ3v) is 8.01. The molecule has 1 aromatic carbocycles. The van der Waals surface area contributed by atoms with Gasteiger partial charge in [0.2, 0.25) is 10.0 Å². The molecular weight excluding hydrogens is 414 g/mol. The summed E-state index contributed by atoms with van der Waals surface area (Å²) in [6, 6.07) is 8.22. The lowest BCUT2D eigenvalue weighted by Crippen LogP contribution is -2.35. The number of rotatable bonds is 8. The van der Waals surface area contributed by atoms with Crippen molar-refractivity contribution in [3.63, 3.8) is 0 Å². The molecule has 0 radical (unpaired) electrons. The summed E-state index contributed by atoms with van der Waals surface area (Å²) in [5, 5.41) is 10.3. The van der Waals surface area contributed by atoms with E-state index in [-0.39, 0.29) is 11.3 Å². The Morgan fingerprint density at radius 1 is 1.06 bits per heavy atom. The third kappa shape index (κ3) is 5.39. The van der Waals surface area contributed by atoms with Crippen LogP contribution in [0.4, 0.5) is 0 Å². The number of nitrogens with one attached hydrogen (secondary N) is 1. The molecule has 0 saturated carbocycles. The van der Waals surface area contributed by atoms with Crippen molar-refractivity contribution in [3.05, 3.63) is 63.2 Å². The van der Waals surface area contributed by atoms with E-state index in [0.29, 0.717) is 49.0 Å². The number of benzene rings is 1. The van der Waals surface area contributed by atoms with Crippen LogP contribution in [0.25, 0.3) is 0 Å². The van der Waals surface area contributed by atoms with E-state index in [1.165, 1.54) is 0 Å². The Kier molecular flexibility index (Phi) is 7.94. The van der Waals surface area contributed by atoms with Gasteiger partial charge in [0, 0.05) is 12.0 Å². The number of aromatic hydroxyl groups is 1. The van der Waals surface area contributed by atoms with Crippen molar-refractivity contribution in [2.24, 2.45) is 0 Å². The van der Waals surface area contributed by atoms with Gasteiger partial charge in [-0.3, -0.25) is 0 Å². The average Bonchev–Trinajstić information content (AvgIpc) is 2.70. The van der Waals surface area contributed by atoms with Gasteiger partial charge in [-0.25, -0.2) is 17.9 Å². The van der Waals surface area contributed by atoms with Crippen LogP contribution >= 0.6 is 0 Å². The van der Waals surface area contributed by atoms with Gasteiger partial charge < -0.3 is 9.52 Å². The van der Waals surface area contributed by atoms with E-state index in [4.69, 9.17) is 4.42 Å². The second-order valence-electron chi connectivity index (χ2n) is 8.28. The fourth-order valence-corrected chi connectivity index (χ4v) is 6.21. The molecule has 0 fully saturated rings. The quantitative estimate of drug-likeness (QED) is 0.599. The molecule has 31 heavy (non-hydrogen) atoms. The first-order chi connectivity index (χ1) is 14.9. The number of fused-ring (bicyclic) bond motifs is 1. The SMILES string of the molecule is CCCC(NS(=O)(=O)C(CC)c1ccccc1)c1c(O)c2c(oc1=O)CCCCCC2. The lowest BCUT2D eigenvalue weighted by molar-refractivity contribution is 0.375. The standard InChI is InChI=1S/C24H33NO5S/c1-3-12-19(25-31(28,29)21(4-2)17-13-8-7-9-14-17)22-23(26)18-15-10-5-6-11-16-20(18)30-24(22)27/h7-9,13-14,19,21,25-26H,3-6,10-12,15-16H2,1-2H3. The van der Waals surface area contributed by atoms with Crippen molar-refractivity contribution in [2.75, 3.05) is 0 Å². The third-order valence-electron chi connectivity index (χ3n) is 6.04. The summed E-state index contributed by atoms with van der Waals surface area (Å²) in [5.41, 5.74) is 0.741. The number of sulfonamides is 1. The van der Waals surface area contributed by atoms with Crippen molar-refractivity contribution in [2.45, 2.75) is 82.9 Å². The van der Waals surface area contributed by atoms with Crippen molar-refractivity contribution in [1.82, 2.24) is 4.72 Å². The summed E-state index contributed by atoms with van der Waals surface area (Å²) in [6.45, 7) is 3.74. The molecule has 7 heteroatoms. The van der Waals surface area contributed by atoms with Crippen LogP contribution in [0, 0.1) is 0 Å². The summed E-state index contributed by atoms with van der Waals surface area (Å²) < 4.78 is 35.0. The average molecular weight is 448 g/mol. The van der Waals surface area contributed by atoms with Gasteiger partial charge in [-0.05, 0) is 37.7 Å². The first-order valence-corrected chi connectivity index (χ1v) is 12.9. The summed E-state index contributed by atoms with van der Waals surface area (Å²) in [6.07, 6.45) is 6.63. The monoisotopic (exact) mass is 447 g/mol.